The molecule has 0 spiro atoms. The van der Waals surface area contributed by atoms with Crippen LogP contribution in [0.25, 0.3) is 0 Å². The van der Waals surface area contributed by atoms with E-state index in [0.29, 0.717) is 6.61 Å². The van der Waals surface area contributed by atoms with Crippen LogP contribution >= 0.6 is 24.2 Å². The molecule has 2 rings (SSSR count). The summed E-state index contributed by atoms with van der Waals surface area (Å²) < 4.78 is 5.31. The van der Waals surface area contributed by atoms with Crippen LogP contribution in [0, 0.1) is 0 Å². The van der Waals surface area contributed by atoms with E-state index >= 15 is 0 Å². The minimum atomic E-state index is 0. The minimum Gasteiger partial charge on any atom is -0.379 e. The number of ether oxygens (including phenoxy) is 1. The second kappa shape index (κ2) is 6.58. The lowest BCUT2D eigenvalue weighted by Crippen LogP contribution is -2.48. The van der Waals surface area contributed by atoms with E-state index in [1.165, 1.54) is 0 Å². The van der Waals surface area contributed by atoms with Gasteiger partial charge in [0.2, 0.25) is 5.91 Å². The molecule has 0 aromatic carbocycles. The van der Waals surface area contributed by atoms with Gasteiger partial charge in [-0.3, -0.25) is 10.1 Å². The molecule has 0 radical (unpaired) electrons. The fourth-order valence-electron chi connectivity index (χ4n) is 1.72. The number of rotatable bonds is 2. The Morgan fingerprint density at radius 1 is 1.53 bits per heavy atom. The van der Waals surface area contributed by atoms with Crippen LogP contribution in [0.15, 0.2) is 0 Å². The second-order valence-electron chi connectivity index (χ2n) is 3.69. The first-order valence-electron chi connectivity index (χ1n) is 5.05. The number of carbonyl (C=O) groups excluding carboxylic acids is 1. The predicted molar refractivity (Wildman–Crippen MR) is 63.5 cm³/mol. The molecule has 0 saturated carbocycles. The molecule has 6 heteroatoms. The van der Waals surface area contributed by atoms with Crippen molar-refractivity contribution >= 4 is 30.1 Å². The summed E-state index contributed by atoms with van der Waals surface area (Å²) in [6.45, 7) is 1.51. The predicted octanol–water partition coefficient (Wildman–Crippen LogP) is 0.366. The monoisotopic (exact) mass is 252 g/mol. The summed E-state index contributed by atoms with van der Waals surface area (Å²) in [5.41, 5.74) is 0. The summed E-state index contributed by atoms with van der Waals surface area (Å²) in [5.74, 6) is 1.91. The third kappa shape index (κ3) is 3.83. The Morgan fingerprint density at radius 2 is 2.40 bits per heavy atom. The number of halogens is 1. The third-order valence-corrected chi connectivity index (χ3v) is 3.48. The zero-order chi connectivity index (χ0) is 9.80. The molecule has 15 heavy (non-hydrogen) atoms. The summed E-state index contributed by atoms with van der Waals surface area (Å²) in [5, 5.41) is 6.18. The Morgan fingerprint density at radius 3 is 3.00 bits per heavy atom. The van der Waals surface area contributed by atoms with Crippen LogP contribution in [0.1, 0.15) is 12.8 Å². The van der Waals surface area contributed by atoms with E-state index in [9.17, 15) is 4.79 Å². The van der Waals surface area contributed by atoms with Crippen molar-refractivity contribution < 1.29 is 9.53 Å². The maximum Gasteiger partial charge on any atom is 0.238 e. The first kappa shape index (κ1) is 13.1. The molecule has 2 heterocycles. The van der Waals surface area contributed by atoms with Gasteiger partial charge < -0.3 is 10.1 Å². The van der Waals surface area contributed by atoms with Gasteiger partial charge in [0.15, 0.2) is 0 Å². The number of nitrogens with one attached hydrogen (secondary N) is 2. The Bertz CT molecular complexity index is 206. The normalized spacial score (nSPS) is 30.7. The molecule has 0 bridgehead atoms. The molecule has 0 aromatic heterocycles. The number of amides is 1. The quantitative estimate of drug-likeness (QED) is 0.746. The molecule has 2 N–H and O–H groups in total. The van der Waals surface area contributed by atoms with E-state index in [4.69, 9.17) is 4.74 Å². The summed E-state index contributed by atoms with van der Waals surface area (Å²) in [6.07, 6.45) is 2.10. The van der Waals surface area contributed by atoms with E-state index < -0.39 is 0 Å². The molecule has 4 nitrogen and oxygen atoms in total. The molecule has 1 unspecified atom stereocenters. The Hall–Kier alpha value is 0.0300. The highest BCUT2D eigenvalue weighted by Gasteiger charge is 2.25. The van der Waals surface area contributed by atoms with E-state index in [2.05, 4.69) is 10.6 Å². The fourth-order valence-corrected chi connectivity index (χ4v) is 2.66. The SMILES string of the molecule is Cl.O=C(NC1CCCOC1)[C@H]1CSCN1. The van der Waals surface area contributed by atoms with Crippen LogP contribution in [-0.4, -0.2) is 42.8 Å². The zero-order valence-corrected chi connectivity index (χ0v) is 10.2. The average molecular weight is 253 g/mol. The van der Waals surface area contributed by atoms with Gasteiger partial charge in [0.05, 0.1) is 18.7 Å². The maximum atomic E-state index is 11.7. The van der Waals surface area contributed by atoms with Crippen LogP contribution in [0.4, 0.5) is 0 Å². The standard InChI is InChI=1S/C9H16N2O2S.ClH/c12-9(8-5-14-6-10-8)11-7-2-1-3-13-4-7;/h7-8,10H,1-6H2,(H,11,12);1H/t7?,8-;/m1./s1. The molecule has 88 valence electrons. The van der Waals surface area contributed by atoms with Crippen LogP contribution in [0.2, 0.25) is 0 Å². The van der Waals surface area contributed by atoms with Crippen molar-refractivity contribution in [3.63, 3.8) is 0 Å². The van der Waals surface area contributed by atoms with Crippen molar-refractivity contribution in [2.75, 3.05) is 24.8 Å². The van der Waals surface area contributed by atoms with Crippen LogP contribution in [0.5, 0.6) is 0 Å². The van der Waals surface area contributed by atoms with Crippen molar-refractivity contribution in [2.24, 2.45) is 0 Å². The van der Waals surface area contributed by atoms with Crippen molar-refractivity contribution in [3.8, 4) is 0 Å². The lowest BCUT2D eigenvalue weighted by atomic mass is 10.1. The maximum absolute atomic E-state index is 11.7. The summed E-state index contributed by atoms with van der Waals surface area (Å²) in [4.78, 5) is 11.7. The number of thioether (sulfide) groups is 1. The largest absolute Gasteiger partial charge is 0.379 e. The van der Waals surface area contributed by atoms with Gasteiger partial charge in [0.1, 0.15) is 0 Å². The topological polar surface area (TPSA) is 50.4 Å². The number of hydrogen-bond donors (Lipinski definition) is 2. The molecular formula is C9H17ClN2O2S. The van der Waals surface area contributed by atoms with Gasteiger partial charge in [-0.25, -0.2) is 0 Å². The summed E-state index contributed by atoms with van der Waals surface area (Å²) >= 11 is 1.77. The Labute approximate surface area is 100 Å². The average Bonchev–Trinajstić information content (AvgIpc) is 2.72. The molecule has 0 aliphatic carbocycles. The zero-order valence-electron chi connectivity index (χ0n) is 8.53. The van der Waals surface area contributed by atoms with Crippen molar-refractivity contribution in [1.82, 2.24) is 10.6 Å². The molecule has 0 aromatic rings. The van der Waals surface area contributed by atoms with Crippen LogP contribution in [0.3, 0.4) is 0 Å². The molecule has 2 aliphatic rings. The smallest absolute Gasteiger partial charge is 0.238 e. The number of carbonyl (C=O) groups is 1. The molecule has 2 aliphatic heterocycles. The third-order valence-electron chi connectivity index (χ3n) is 2.54. The number of hydrogen-bond acceptors (Lipinski definition) is 4. The van der Waals surface area contributed by atoms with Crippen molar-refractivity contribution in [3.05, 3.63) is 0 Å². The fraction of sp³-hybridized carbons (Fsp3) is 0.889. The van der Waals surface area contributed by atoms with Gasteiger partial charge in [-0.15, -0.1) is 24.2 Å². The molecule has 2 atom stereocenters. The summed E-state index contributed by atoms with van der Waals surface area (Å²) in [7, 11) is 0. The van der Waals surface area contributed by atoms with E-state index in [1.54, 1.807) is 11.8 Å². The Balaban J connectivity index is 0.00000112. The van der Waals surface area contributed by atoms with Gasteiger partial charge in [-0.05, 0) is 12.8 Å². The van der Waals surface area contributed by atoms with Crippen LogP contribution < -0.4 is 10.6 Å². The van der Waals surface area contributed by atoms with E-state index in [1.807, 2.05) is 0 Å². The van der Waals surface area contributed by atoms with E-state index in [0.717, 1.165) is 31.1 Å². The van der Waals surface area contributed by atoms with Gasteiger partial charge in [-0.1, -0.05) is 0 Å². The van der Waals surface area contributed by atoms with E-state index in [-0.39, 0.29) is 30.4 Å². The molecule has 2 fully saturated rings. The molecular weight excluding hydrogens is 236 g/mol. The van der Waals surface area contributed by atoms with Gasteiger partial charge >= 0.3 is 0 Å². The summed E-state index contributed by atoms with van der Waals surface area (Å²) in [6, 6.07) is 0.227. The van der Waals surface area contributed by atoms with Gasteiger partial charge in [-0.2, -0.15) is 0 Å². The Kier molecular flexibility index (Phi) is 5.74. The highest BCUT2D eigenvalue weighted by Crippen LogP contribution is 2.11. The lowest BCUT2D eigenvalue weighted by molar-refractivity contribution is -0.124. The lowest BCUT2D eigenvalue weighted by Gasteiger charge is -2.24. The second-order valence-corrected chi connectivity index (χ2v) is 4.72. The van der Waals surface area contributed by atoms with Gasteiger partial charge in [0.25, 0.3) is 0 Å². The first-order chi connectivity index (χ1) is 6.86. The molecule has 2 saturated heterocycles. The van der Waals surface area contributed by atoms with Crippen molar-refractivity contribution in [2.45, 2.75) is 24.9 Å². The minimum absolute atomic E-state index is 0. The van der Waals surface area contributed by atoms with Gasteiger partial charge in [0, 0.05) is 18.2 Å². The highest BCUT2D eigenvalue weighted by molar-refractivity contribution is 7.99. The first-order valence-corrected chi connectivity index (χ1v) is 6.21. The molecule has 1 amide bonds. The van der Waals surface area contributed by atoms with Crippen molar-refractivity contribution in [1.29, 1.82) is 0 Å². The highest BCUT2D eigenvalue weighted by atomic mass is 35.5. The van der Waals surface area contributed by atoms with Crippen LogP contribution in [-0.2, 0) is 9.53 Å².